The molecule has 3 N–H and O–H groups in total. The van der Waals surface area contributed by atoms with Gasteiger partial charge in [0, 0.05) is 0 Å². The number of carbonyl (C=O) groups excluding carboxylic acids is 1. The molecule has 0 saturated heterocycles. The monoisotopic (exact) mass is 188 g/mol. The summed E-state index contributed by atoms with van der Waals surface area (Å²) in [6.45, 7) is 0. The number of nitrogens with zero attached hydrogens (tertiary/aromatic N) is 3. The van der Waals surface area contributed by atoms with Crippen molar-refractivity contribution >= 4 is 24.2 Å². The van der Waals surface area contributed by atoms with Crippen LogP contribution >= 0.6 is 0 Å². The second-order valence-electron chi connectivity index (χ2n) is 1.63. The number of hydrogen-bond donors (Lipinski definition) is 3. The lowest BCUT2D eigenvalue weighted by Crippen LogP contribution is -2.20. The molecule has 13 heavy (non-hydrogen) atoms. The van der Waals surface area contributed by atoms with Crippen molar-refractivity contribution < 1.29 is 19.9 Å². The minimum Gasteiger partial charge on any atom is -0.452 e. The third kappa shape index (κ3) is 5.18. The number of nitrogens with one attached hydrogen (secondary N) is 1. The van der Waals surface area contributed by atoms with Crippen LogP contribution in [0.5, 0.6) is 0 Å². The van der Waals surface area contributed by atoms with E-state index in [-0.39, 0.29) is 5.71 Å². The number of rotatable bonds is 3. The van der Waals surface area contributed by atoms with Gasteiger partial charge in [-0.05, 0) is 0 Å². The van der Waals surface area contributed by atoms with Crippen LogP contribution in [-0.2, 0) is 4.74 Å². The molecule has 0 aliphatic carbocycles. The van der Waals surface area contributed by atoms with Crippen molar-refractivity contribution in [3.63, 3.8) is 0 Å². The molecule has 0 aliphatic rings. The van der Waals surface area contributed by atoms with Crippen molar-refractivity contribution in [2.24, 2.45) is 15.4 Å². The maximum atomic E-state index is 10.5. The number of hydrazone groups is 1. The zero-order valence-corrected chi connectivity index (χ0v) is 6.71. The maximum absolute atomic E-state index is 10.5. The topological polar surface area (TPSA) is 116 Å². The Bertz CT molecular complexity index is 233. The molecule has 0 fully saturated rings. The zero-order valence-electron chi connectivity index (χ0n) is 6.71. The average molecular weight is 188 g/mol. The Labute approximate surface area is 73.2 Å². The van der Waals surface area contributed by atoms with Gasteiger partial charge in [0.05, 0.1) is 19.5 Å². The number of methoxy groups -OCH3 is 1. The first kappa shape index (κ1) is 10.9. The highest BCUT2D eigenvalue weighted by molar-refractivity contribution is 6.55. The lowest BCUT2D eigenvalue weighted by molar-refractivity contribution is 0.171. The molecule has 8 heteroatoms. The highest BCUT2D eigenvalue weighted by atomic mass is 16.5. The van der Waals surface area contributed by atoms with E-state index in [1.807, 2.05) is 5.43 Å². The summed E-state index contributed by atoms with van der Waals surface area (Å²) in [5.41, 5.74) is 1.86. The Morgan fingerprint density at radius 3 is 2.31 bits per heavy atom. The lowest BCUT2D eigenvalue weighted by atomic mass is 10.4. The minimum absolute atomic E-state index is 0.0598. The molecule has 0 spiro atoms. The third-order valence-electron chi connectivity index (χ3n) is 0.842. The highest BCUT2D eigenvalue weighted by Crippen LogP contribution is 1.73. The van der Waals surface area contributed by atoms with Gasteiger partial charge in [-0.15, -0.1) is 0 Å². The summed E-state index contributed by atoms with van der Waals surface area (Å²) < 4.78 is 4.19. The molecule has 0 aromatic carbocycles. The average Bonchev–Trinajstić information content (AvgIpc) is 2.14. The van der Waals surface area contributed by atoms with Crippen molar-refractivity contribution in [2.75, 3.05) is 7.11 Å². The molecule has 0 aliphatic heterocycles. The van der Waals surface area contributed by atoms with E-state index in [0.29, 0.717) is 0 Å². The quantitative estimate of drug-likeness (QED) is 0.318. The molecule has 0 heterocycles. The van der Waals surface area contributed by atoms with Gasteiger partial charge in [0.1, 0.15) is 5.71 Å². The maximum Gasteiger partial charge on any atom is 0.427 e. The Balaban J connectivity index is 4.27. The number of oxime groups is 2. The fourth-order valence-electron chi connectivity index (χ4n) is 0.365. The van der Waals surface area contributed by atoms with Crippen molar-refractivity contribution in [3.8, 4) is 0 Å². The number of carbonyl (C=O) groups is 1. The van der Waals surface area contributed by atoms with Crippen LogP contribution in [0.3, 0.4) is 0 Å². The van der Waals surface area contributed by atoms with E-state index >= 15 is 0 Å². The van der Waals surface area contributed by atoms with Crippen LogP contribution < -0.4 is 5.43 Å². The molecule has 0 aromatic heterocycles. The Morgan fingerprint density at radius 2 is 1.92 bits per heavy atom. The molecule has 0 unspecified atom stereocenters. The number of ether oxygens (including phenoxy) is 1. The van der Waals surface area contributed by atoms with Crippen LogP contribution in [0.15, 0.2) is 15.4 Å². The van der Waals surface area contributed by atoms with E-state index in [1.165, 1.54) is 0 Å². The summed E-state index contributed by atoms with van der Waals surface area (Å²) in [5.74, 6) is 0. The van der Waals surface area contributed by atoms with Gasteiger partial charge in [-0.3, -0.25) is 0 Å². The largest absolute Gasteiger partial charge is 0.452 e. The first-order valence-corrected chi connectivity index (χ1v) is 3.01. The standard InChI is InChI=1S/C5H8N4O4/c1-13-5(10)9-8-4(2-6-11)3-7-12/h2-3,11-12H,1H3,(H,9,10)/b6-2-,7-3+,8-4?. The van der Waals surface area contributed by atoms with Gasteiger partial charge < -0.3 is 15.2 Å². The van der Waals surface area contributed by atoms with Crippen molar-refractivity contribution in [3.05, 3.63) is 0 Å². The SMILES string of the molecule is COC(=O)NN=C(/C=N\O)/C=N/O. The Morgan fingerprint density at radius 1 is 1.38 bits per heavy atom. The van der Waals surface area contributed by atoms with Crippen molar-refractivity contribution in [1.29, 1.82) is 0 Å². The Hall–Kier alpha value is -2.12. The van der Waals surface area contributed by atoms with Crippen LogP contribution in [0, 0.1) is 0 Å². The molecular formula is C5H8N4O4. The van der Waals surface area contributed by atoms with Gasteiger partial charge >= 0.3 is 6.09 Å². The van der Waals surface area contributed by atoms with E-state index in [0.717, 1.165) is 19.5 Å². The molecule has 0 aromatic rings. The van der Waals surface area contributed by atoms with Crippen molar-refractivity contribution in [2.45, 2.75) is 0 Å². The van der Waals surface area contributed by atoms with E-state index in [2.05, 4.69) is 20.1 Å². The van der Waals surface area contributed by atoms with Crippen LogP contribution in [0.25, 0.3) is 0 Å². The van der Waals surface area contributed by atoms with Crippen LogP contribution in [-0.4, -0.2) is 41.8 Å². The Kier molecular flexibility index (Phi) is 5.51. The second kappa shape index (κ2) is 6.58. The normalized spacial score (nSPS) is 12.2. The van der Waals surface area contributed by atoms with E-state index < -0.39 is 6.09 Å². The summed E-state index contributed by atoms with van der Waals surface area (Å²) >= 11 is 0. The van der Waals surface area contributed by atoms with Gasteiger partial charge in [0.25, 0.3) is 0 Å². The molecular weight excluding hydrogens is 180 g/mol. The minimum atomic E-state index is -0.796. The third-order valence-corrected chi connectivity index (χ3v) is 0.842. The molecule has 0 radical (unpaired) electrons. The van der Waals surface area contributed by atoms with Crippen LogP contribution in [0.1, 0.15) is 0 Å². The molecule has 1 amide bonds. The smallest absolute Gasteiger partial charge is 0.427 e. The van der Waals surface area contributed by atoms with Gasteiger partial charge in [-0.1, -0.05) is 10.3 Å². The van der Waals surface area contributed by atoms with Gasteiger partial charge in [-0.25, -0.2) is 10.2 Å². The first-order valence-electron chi connectivity index (χ1n) is 3.01. The fourth-order valence-corrected chi connectivity index (χ4v) is 0.365. The molecule has 72 valence electrons. The summed E-state index contributed by atoms with van der Waals surface area (Å²) in [7, 11) is 1.16. The predicted octanol–water partition coefficient (Wildman–Crippen LogP) is -0.382. The molecule has 0 atom stereocenters. The van der Waals surface area contributed by atoms with E-state index in [4.69, 9.17) is 10.4 Å². The summed E-state index contributed by atoms with van der Waals surface area (Å²) in [6, 6.07) is 0. The molecule has 0 rings (SSSR count). The van der Waals surface area contributed by atoms with E-state index in [9.17, 15) is 4.79 Å². The lowest BCUT2D eigenvalue weighted by Gasteiger charge is -1.95. The molecule has 0 bridgehead atoms. The summed E-state index contributed by atoms with van der Waals surface area (Å²) in [5, 5.41) is 24.7. The fraction of sp³-hybridized carbons (Fsp3) is 0.200. The summed E-state index contributed by atoms with van der Waals surface area (Å²) in [6.07, 6.45) is 0.917. The molecule has 8 nitrogen and oxygen atoms in total. The molecule has 0 saturated carbocycles. The zero-order chi connectivity index (χ0) is 10.1. The number of amides is 1. The van der Waals surface area contributed by atoms with Gasteiger partial charge in [0.15, 0.2) is 0 Å². The van der Waals surface area contributed by atoms with Gasteiger partial charge in [0.2, 0.25) is 0 Å². The van der Waals surface area contributed by atoms with Crippen LogP contribution in [0.2, 0.25) is 0 Å². The highest BCUT2D eigenvalue weighted by Gasteiger charge is 1.96. The predicted molar refractivity (Wildman–Crippen MR) is 43.5 cm³/mol. The van der Waals surface area contributed by atoms with E-state index in [1.54, 1.807) is 0 Å². The van der Waals surface area contributed by atoms with Gasteiger partial charge in [-0.2, -0.15) is 5.10 Å². The first-order chi connectivity index (χ1) is 6.24. The number of hydrogen-bond acceptors (Lipinski definition) is 7. The second-order valence-corrected chi connectivity index (χ2v) is 1.63. The summed E-state index contributed by atoms with van der Waals surface area (Å²) in [4.78, 5) is 10.5. The van der Waals surface area contributed by atoms with Crippen LogP contribution in [0.4, 0.5) is 4.79 Å². The van der Waals surface area contributed by atoms with Crippen molar-refractivity contribution in [1.82, 2.24) is 5.43 Å².